The maximum atomic E-state index is 4.33. The molecule has 0 aliphatic carbocycles. The highest BCUT2D eigenvalue weighted by molar-refractivity contribution is 14.0. The van der Waals surface area contributed by atoms with Gasteiger partial charge >= 0.3 is 0 Å². The second kappa shape index (κ2) is 9.87. The van der Waals surface area contributed by atoms with Crippen LogP contribution in [0.1, 0.15) is 47.0 Å². The van der Waals surface area contributed by atoms with Gasteiger partial charge < -0.3 is 15.5 Å². The maximum absolute atomic E-state index is 4.33. The fourth-order valence-electron chi connectivity index (χ4n) is 2.58. The molecule has 0 amide bonds. The van der Waals surface area contributed by atoms with Gasteiger partial charge in [0.05, 0.1) is 0 Å². The van der Waals surface area contributed by atoms with E-state index in [1.54, 1.807) is 0 Å². The molecule has 126 valence electrons. The standard InChI is InChI=1S/C16H34N4.HI/c1-13(7-9-16(2,3)4)19-15(17-5)18-11-14-8-10-20(6)12-14;/h13-14H,7-12H2,1-6H3,(H2,17,18,19);1H. The Hall–Kier alpha value is -0.0400. The van der Waals surface area contributed by atoms with Crippen LogP contribution in [-0.2, 0) is 0 Å². The number of aliphatic imine (C=N–C) groups is 1. The molecular formula is C16H35IN4. The Labute approximate surface area is 148 Å². The predicted molar refractivity (Wildman–Crippen MR) is 104 cm³/mol. The van der Waals surface area contributed by atoms with Crippen LogP contribution in [0.4, 0.5) is 0 Å². The second-order valence-electron chi connectivity index (χ2n) is 7.51. The Morgan fingerprint density at radius 3 is 2.52 bits per heavy atom. The van der Waals surface area contributed by atoms with Gasteiger partial charge in [-0.15, -0.1) is 24.0 Å². The van der Waals surface area contributed by atoms with Crippen molar-refractivity contribution in [3.63, 3.8) is 0 Å². The summed E-state index contributed by atoms with van der Waals surface area (Å²) in [5.41, 5.74) is 0.404. The molecule has 1 aliphatic heterocycles. The number of nitrogens with zero attached hydrogens (tertiary/aromatic N) is 2. The van der Waals surface area contributed by atoms with E-state index in [-0.39, 0.29) is 24.0 Å². The summed E-state index contributed by atoms with van der Waals surface area (Å²) in [6.07, 6.45) is 3.70. The van der Waals surface area contributed by atoms with E-state index >= 15 is 0 Å². The van der Waals surface area contributed by atoms with Crippen molar-refractivity contribution in [1.29, 1.82) is 0 Å². The number of likely N-dealkylation sites (tertiary alicyclic amines) is 1. The van der Waals surface area contributed by atoms with Gasteiger partial charge in [-0.25, -0.2) is 0 Å². The van der Waals surface area contributed by atoms with Crippen molar-refractivity contribution in [2.75, 3.05) is 33.7 Å². The molecule has 1 saturated heterocycles. The molecule has 0 bridgehead atoms. The van der Waals surface area contributed by atoms with Gasteiger partial charge in [-0.2, -0.15) is 0 Å². The molecule has 1 aliphatic rings. The van der Waals surface area contributed by atoms with Crippen LogP contribution in [-0.4, -0.2) is 50.6 Å². The molecule has 0 radical (unpaired) electrons. The predicted octanol–water partition coefficient (Wildman–Crippen LogP) is 2.94. The zero-order valence-electron chi connectivity index (χ0n) is 14.7. The number of hydrogen-bond donors (Lipinski definition) is 2. The summed E-state index contributed by atoms with van der Waals surface area (Å²) < 4.78 is 0. The lowest BCUT2D eigenvalue weighted by Crippen LogP contribution is -2.44. The third-order valence-corrected chi connectivity index (χ3v) is 3.98. The largest absolute Gasteiger partial charge is 0.356 e. The van der Waals surface area contributed by atoms with Gasteiger partial charge in [-0.3, -0.25) is 4.99 Å². The summed E-state index contributed by atoms with van der Waals surface area (Å²) >= 11 is 0. The van der Waals surface area contributed by atoms with Crippen LogP contribution in [0, 0.1) is 11.3 Å². The van der Waals surface area contributed by atoms with Gasteiger partial charge in [0.25, 0.3) is 0 Å². The molecular weight excluding hydrogens is 375 g/mol. The zero-order chi connectivity index (χ0) is 15.2. The number of rotatable bonds is 5. The zero-order valence-corrected chi connectivity index (χ0v) is 17.0. The number of nitrogens with one attached hydrogen (secondary N) is 2. The number of halogens is 1. The first-order valence-electron chi connectivity index (χ1n) is 7.96. The van der Waals surface area contributed by atoms with Gasteiger partial charge in [0.1, 0.15) is 0 Å². The quantitative estimate of drug-likeness (QED) is 0.416. The first-order valence-corrected chi connectivity index (χ1v) is 7.96. The van der Waals surface area contributed by atoms with E-state index in [0.29, 0.717) is 11.5 Å². The first kappa shape index (κ1) is 21.0. The molecule has 4 nitrogen and oxygen atoms in total. The SMILES string of the molecule is CN=C(NCC1CCN(C)C1)NC(C)CCC(C)(C)C.I. The summed E-state index contributed by atoms with van der Waals surface area (Å²) in [6, 6.07) is 0.465. The molecule has 1 rings (SSSR count). The molecule has 0 aromatic carbocycles. The first-order chi connectivity index (χ1) is 9.30. The van der Waals surface area contributed by atoms with Crippen molar-refractivity contribution in [3.05, 3.63) is 0 Å². The van der Waals surface area contributed by atoms with E-state index in [4.69, 9.17) is 0 Å². The van der Waals surface area contributed by atoms with Crippen molar-refractivity contribution in [2.24, 2.45) is 16.3 Å². The minimum absolute atomic E-state index is 0. The highest BCUT2D eigenvalue weighted by Crippen LogP contribution is 2.21. The summed E-state index contributed by atoms with van der Waals surface area (Å²) in [7, 11) is 4.05. The van der Waals surface area contributed by atoms with Crippen LogP contribution in [0.3, 0.4) is 0 Å². The van der Waals surface area contributed by atoms with E-state index in [0.717, 1.165) is 18.4 Å². The second-order valence-corrected chi connectivity index (χ2v) is 7.51. The highest BCUT2D eigenvalue weighted by Gasteiger charge is 2.19. The smallest absolute Gasteiger partial charge is 0.191 e. The van der Waals surface area contributed by atoms with E-state index in [1.165, 1.54) is 32.4 Å². The number of hydrogen-bond acceptors (Lipinski definition) is 2. The lowest BCUT2D eigenvalue weighted by Gasteiger charge is -2.23. The van der Waals surface area contributed by atoms with Gasteiger partial charge in [0, 0.05) is 26.2 Å². The minimum atomic E-state index is 0. The van der Waals surface area contributed by atoms with Crippen molar-refractivity contribution >= 4 is 29.9 Å². The Morgan fingerprint density at radius 2 is 2.05 bits per heavy atom. The number of guanidine groups is 1. The van der Waals surface area contributed by atoms with Crippen molar-refractivity contribution in [3.8, 4) is 0 Å². The van der Waals surface area contributed by atoms with Crippen LogP contribution in [0.2, 0.25) is 0 Å². The lowest BCUT2D eigenvalue weighted by atomic mass is 9.89. The summed E-state index contributed by atoms with van der Waals surface area (Å²) in [5.74, 6) is 1.70. The molecule has 0 spiro atoms. The summed E-state index contributed by atoms with van der Waals surface area (Å²) in [6.45, 7) is 12.6. The molecule has 2 unspecified atom stereocenters. The van der Waals surface area contributed by atoms with E-state index in [9.17, 15) is 0 Å². The van der Waals surface area contributed by atoms with E-state index < -0.39 is 0 Å². The normalized spacial score (nSPS) is 21.8. The van der Waals surface area contributed by atoms with Gasteiger partial charge in [0.15, 0.2) is 5.96 Å². The molecule has 5 heteroatoms. The molecule has 1 heterocycles. The van der Waals surface area contributed by atoms with Crippen molar-refractivity contribution < 1.29 is 0 Å². The monoisotopic (exact) mass is 410 g/mol. The molecule has 2 N–H and O–H groups in total. The fourth-order valence-corrected chi connectivity index (χ4v) is 2.58. The van der Waals surface area contributed by atoms with Crippen molar-refractivity contribution in [2.45, 2.75) is 53.0 Å². The van der Waals surface area contributed by atoms with Crippen LogP contribution in [0.25, 0.3) is 0 Å². The summed E-state index contributed by atoms with van der Waals surface area (Å²) in [4.78, 5) is 6.73. The van der Waals surface area contributed by atoms with Crippen LogP contribution >= 0.6 is 24.0 Å². The third kappa shape index (κ3) is 9.55. The molecule has 0 aromatic heterocycles. The highest BCUT2D eigenvalue weighted by atomic mass is 127. The van der Waals surface area contributed by atoms with Crippen molar-refractivity contribution in [1.82, 2.24) is 15.5 Å². The van der Waals surface area contributed by atoms with Crippen LogP contribution in [0.5, 0.6) is 0 Å². The summed E-state index contributed by atoms with van der Waals surface area (Å²) in [5, 5.41) is 6.97. The van der Waals surface area contributed by atoms with Gasteiger partial charge in [0.2, 0.25) is 0 Å². The van der Waals surface area contributed by atoms with Crippen LogP contribution < -0.4 is 10.6 Å². The van der Waals surface area contributed by atoms with Gasteiger partial charge in [-0.05, 0) is 51.1 Å². The molecule has 0 aromatic rings. The minimum Gasteiger partial charge on any atom is -0.356 e. The Kier molecular flexibility index (Phi) is 9.85. The lowest BCUT2D eigenvalue weighted by molar-refractivity contribution is 0.345. The third-order valence-electron chi connectivity index (χ3n) is 3.98. The Morgan fingerprint density at radius 1 is 1.38 bits per heavy atom. The average molecular weight is 410 g/mol. The molecule has 21 heavy (non-hydrogen) atoms. The van der Waals surface area contributed by atoms with E-state index in [1.807, 2.05) is 7.05 Å². The topological polar surface area (TPSA) is 39.7 Å². The average Bonchev–Trinajstić information content (AvgIpc) is 2.77. The fraction of sp³-hybridized carbons (Fsp3) is 0.938. The molecule has 1 fully saturated rings. The van der Waals surface area contributed by atoms with Gasteiger partial charge in [-0.1, -0.05) is 20.8 Å². The maximum Gasteiger partial charge on any atom is 0.191 e. The Balaban J connectivity index is 0.00000400. The molecule has 2 atom stereocenters. The molecule has 0 saturated carbocycles. The van der Waals surface area contributed by atoms with E-state index in [2.05, 4.69) is 55.3 Å². The Bertz CT molecular complexity index is 312. The van der Waals surface area contributed by atoms with Crippen LogP contribution in [0.15, 0.2) is 4.99 Å².